The van der Waals surface area contributed by atoms with Crippen molar-refractivity contribution < 1.29 is 4.79 Å². The van der Waals surface area contributed by atoms with Crippen molar-refractivity contribution in [2.75, 3.05) is 20.1 Å². The molecule has 0 radical (unpaired) electrons. The van der Waals surface area contributed by atoms with E-state index in [4.69, 9.17) is 5.73 Å². The SMILES string of the molecule is CC(CN)CN(C)C(=O)CCC1CCCCC1. The summed E-state index contributed by atoms with van der Waals surface area (Å²) >= 11 is 0. The molecule has 3 heteroatoms. The van der Waals surface area contributed by atoms with Gasteiger partial charge in [-0.1, -0.05) is 39.0 Å². The van der Waals surface area contributed by atoms with E-state index < -0.39 is 0 Å². The molecule has 1 unspecified atom stereocenters. The zero-order valence-electron chi connectivity index (χ0n) is 11.5. The highest BCUT2D eigenvalue weighted by atomic mass is 16.2. The summed E-state index contributed by atoms with van der Waals surface area (Å²) in [5, 5.41) is 0. The van der Waals surface area contributed by atoms with Gasteiger partial charge in [-0.05, 0) is 24.8 Å². The number of hydrogen-bond acceptors (Lipinski definition) is 2. The molecule has 1 rings (SSSR count). The fourth-order valence-corrected chi connectivity index (χ4v) is 2.64. The maximum absolute atomic E-state index is 11.9. The molecular formula is C14H28N2O. The number of hydrogen-bond donors (Lipinski definition) is 1. The highest BCUT2D eigenvalue weighted by Gasteiger charge is 2.17. The molecule has 1 aliphatic carbocycles. The minimum absolute atomic E-state index is 0.288. The number of rotatable bonds is 6. The second-order valence-corrected chi connectivity index (χ2v) is 5.66. The largest absolute Gasteiger partial charge is 0.345 e. The molecule has 3 nitrogen and oxygen atoms in total. The van der Waals surface area contributed by atoms with E-state index in [1.807, 2.05) is 11.9 Å². The third kappa shape index (κ3) is 5.53. The second-order valence-electron chi connectivity index (χ2n) is 5.66. The maximum Gasteiger partial charge on any atom is 0.222 e. The van der Waals surface area contributed by atoms with Crippen molar-refractivity contribution in [2.45, 2.75) is 51.9 Å². The molecule has 0 bridgehead atoms. The summed E-state index contributed by atoms with van der Waals surface area (Å²) in [5.41, 5.74) is 5.57. The van der Waals surface area contributed by atoms with Crippen molar-refractivity contribution in [3.05, 3.63) is 0 Å². The van der Waals surface area contributed by atoms with Crippen LogP contribution in [0.3, 0.4) is 0 Å². The average molecular weight is 240 g/mol. The van der Waals surface area contributed by atoms with E-state index in [1.54, 1.807) is 0 Å². The Morgan fingerprint density at radius 2 is 2.00 bits per heavy atom. The van der Waals surface area contributed by atoms with Gasteiger partial charge in [0.15, 0.2) is 0 Å². The van der Waals surface area contributed by atoms with Gasteiger partial charge < -0.3 is 10.6 Å². The monoisotopic (exact) mass is 240 g/mol. The minimum atomic E-state index is 0.288. The molecule has 0 aromatic rings. The summed E-state index contributed by atoms with van der Waals surface area (Å²) in [6.45, 7) is 3.53. The third-order valence-electron chi connectivity index (χ3n) is 3.90. The lowest BCUT2D eigenvalue weighted by molar-refractivity contribution is -0.130. The summed E-state index contributed by atoms with van der Waals surface area (Å²) in [6.07, 6.45) is 8.57. The zero-order chi connectivity index (χ0) is 12.7. The lowest BCUT2D eigenvalue weighted by Crippen LogP contribution is -2.33. The molecule has 0 aliphatic heterocycles. The Labute approximate surface area is 106 Å². The molecule has 1 amide bonds. The van der Waals surface area contributed by atoms with Crippen LogP contribution in [0.25, 0.3) is 0 Å². The molecule has 2 N–H and O–H groups in total. The van der Waals surface area contributed by atoms with E-state index in [9.17, 15) is 4.79 Å². The van der Waals surface area contributed by atoms with Crippen molar-refractivity contribution in [3.63, 3.8) is 0 Å². The molecule has 0 aromatic carbocycles. The Kier molecular flexibility index (Phi) is 6.56. The number of amides is 1. The first-order valence-electron chi connectivity index (χ1n) is 7.07. The Morgan fingerprint density at radius 1 is 1.35 bits per heavy atom. The summed E-state index contributed by atoms with van der Waals surface area (Å²) in [4.78, 5) is 13.8. The maximum atomic E-state index is 11.9. The smallest absolute Gasteiger partial charge is 0.222 e. The molecule has 1 atom stereocenters. The van der Waals surface area contributed by atoms with Gasteiger partial charge in [0.2, 0.25) is 5.91 Å². The van der Waals surface area contributed by atoms with Crippen LogP contribution < -0.4 is 5.73 Å². The molecule has 1 aliphatic rings. The van der Waals surface area contributed by atoms with E-state index in [0.29, 0.717) is 12.5 Å². The standard InChI is InChI=1S/C14H28N2O/c1-12(10-15)11-16(2)14(17)9-8-13-6-4-3-5-7-13/h12-13H,3-11,15H2,1-2H3. The third-order valence-corrected chi connectivity index (χ3v) is 3.90. The molecule has 100 valence electrons. The number of nitrogens with two attached hydrogens (primary N) is 1. The summed E-state index contributed by atoms with van der Waals surface area (Å²) < 4.78 is 0. The Hall–Kier alpha value is -0.570. The number of carbonyl (C=O) groups excluding carboxylic acids is 1. The summed E-state index contributed by atoms with van der Waals surface area (Å²) in [5.74, 6) is 1.49. The van der Waals surface area contributed by atoms with Gasteiger partial charge in [-0.2, -0.15) is 0 Å². The molecule has 1 saturated carbocycles. The van der Waals surface area contributed by atoms with Gasteiger partial charge in [0, 0.05) is 20.0 Å². The van der Waals surface area contributed by atoms with Crippen LogP contribution in [0, 0.1) is 11.8 Å². The van der Waals surface area contributed by atoms with Crippen molar-refractivity contribution >= 4 is 5.91 Å². The normalized spacial score (nSPS) is 19.0. The molecule has 0 saturated heterocycles. The Morgan fingerprint density at radius 3 is 2.59 bits per heavy atom. The predicted octanol–water partition coefficient (Wildman–Crippen LogP) is 2.40. The molecule has 0 aromatic heterocycles. The van der Waals surface area contributed by atoms with Gasteiger partial charge in [-0.25, -0.2) is 0 Å². The topological polar surface area (TPSA) is 46.3 Å². The first-order chi connectivity index (χ1) is 8.13. The molecule has 1 fully saturated rings. The van der Waals surface area contributed by atoms with Gasteiger partial charge in [0.1, 0.15) is 0 Å². The van der Waals surface area contributed by atoms with Gasteiger partial charge in [0.05, 0.1) is 0 Å². The van der Waals surface area contributed by atoms with Crippen molar-refractivity contribution in [1.82, 2.24) is 4.90 Å². The van der Waals surface area contributed by atoms with Gasteiger partial charge in [-0.15, -0.1) is 0 Å². The van der Waals surface area contributed by atoms with Crippen LogP contribution in [0.2, 0.25) is 0 Å². The zero-order valence-corrected chi connectivity index (χ0v) is 11.5. The van der Waals surface area contributed by atoms with Crippen LogP contribution in [0.1, 0.15) is 51.9 Å². The first kappa shape index (κ1) is 14.5. The van der Waals surface area contributed by atoms with Crippen LogP contribution in [-0.4, -0.2) is 30.9 Å². The Bertz CT molecular complexity index is 224. The minimum Gasteiger partial charge on any atom is -0.345 e. The number of carbonyl (C=O) groups is 1. The molecule has 17 heavy (non-hydrogen) atoms. The van der Waals surface area contributed by atoms with Crippen LogP contribution >= 0.6 is 0 Å². The lowest BCUT2D eigenvalue weighted by Gasteiger charge is -2.24. The average Bonchev–Trinajstić information content (AvgIpc) is 2.36. The van der Waals surface area contributed by atoms with Gasteiger partial charge in [0.25, 0.3) is 0 Å². The second kappa shape index (κ2) is 7.70. The van der Waals surface area contributed by atoms with E-state index in [2.05, 4.69) is 6.92 Å². The predicted molar refractivity (Wildman–Crippen MR) is 71.7 cm³/mol. The highest BCUT2D eigenvalue weighted by Crippen LogP contribution is 2.27. The van der Waals surface area contributed by atoms with Crippen molar-refractivity contribution in [2.24, 2.45) is 17.6 Å². The van der Waals surface area contributed by atoms with Gasteiger partial charge in [-0.3, -0.25) is 4.79 Å². The summed E-state index contributed by atoms with van der Waals surface area (Å²) in [6, 6.07) is 0. The molecule has 0 heterocycles. The fourth-order valence-electron chi connectivity index (χ4n) is 2.64. The lowest BCUT2D eigenvalue weighted by atomic mass is 9.86. The van der Waals surface area contributed by atoms with E-state index in [1.165, 1.54) is 32.1 Å². The van der Waals surface area contributed by atoms with E-state index in [-0.39, 0.29) is 5.91 Å². The van der Waals surface area contributed by atoms with Crippen molar-refractivity contribution in [3.8, 4) is 0 Å². The van der Waals surface area contributed by atoms with Crippen molar-refractivity contribution in [1.29, 1.82) is 0 Å². The van der Waals surface area contributed by atoms with Gasteiger partial charge >= 0.3 is 0 Å². The van der Waals surface area contributed by atoms with Crippen LogP contribution in [0.15, 0.2) is 0 Å². The van der Waals surface area contributed by atoms with E-state index in [0.717, 1.165) is 25.3 Å². The summed E-state index contributed by atoms with van der Waals surface area (Å²) in [7, 11) is 1.90. The van der Waals surface area contributed by atoms with Crippen LogP contribution in [-0.2, 0) is 4.79 Å². The van der Waals surface area contributed by atoms with Crippen LogP contribution in [0.4, 0.5) is 0 Å². The highest BCUT2D eigenvalue weighted by molar-refractivity contribution is 5.75. The molecule has 0 spiro atoms. The number of nitrogens with zero attached hydrogens (tertiary/aromatic N) is 1. The van der Waals surface area contributed by atoms with Crippen LogP contribution in [0.5, 0.6) is 0 Å². The van der Waals surface area contributed by atoms with E-state index >= 15 is 0 Å². The molecular weight excluding hydrogens is 212 g/mol. The first-order valence-corrected chi connectivity index (χ1v) is 7.07. The Balaban J connectivity index is 2.18. The fraction of sp³-hybridized carbons (Fsp3) is 0.929. The quantitative estimate of drug-likeness (QED) is 0.775.